The molecule has 2 aromatic rings. The lowest BCUT2D eigenvalue weighted by atomic mass is 10.1. The highest BCUT2D eigenvalue weighted by Gasteiger charge is 2.20. The van der Waals surface area contributed by atoms with Gasteiger partial charge in [-0.05, 0) is 38.1 Å². The molecular weight excluding hydrogens is 228 g/mol. The Morgan fingerprint density at radius 3 is 1.50 bits per heavy atom. The second kappa shape index (κ2) is 4.87. The Balaban J connectivity index is 2.32. The summed E-state index contributed by atoms with van der Waals surface area (Å²) in [6.45, 7) is 3.54. The van der Waals surface area contributed by atoms with Gasteiger partial charge in [0, 0.05) is 11.4 Å². The molecule has 90 valence electrons. The van der Waals surface area contributed by atoms with Crippen LogP contribution in [-0.2, 0) is 0 Å². The Morgan fingerprint density at radius 1 is 0.778 bits per heavy atom. The normalized spacial score (nSPS) is 10.1. The van der Waals surface area contributed by atoms with Crippen molar-refractivity contribution in [2.45, 2.75) is 13.8 Å². The predicted octanol–water partition coefficient (Wildman–Crippen LogP) is 2.16. The summed E-state index contributed by atoms with van der Waals surface area (Å²) in [5, 5.41) is 0. The van der Waals surface area contributed by atoms with Gasteiger partial charge >= 0.3 is 0 Å². The van der Waals surface area contributed by atoms with E-state index in [1.165, 1.54) is 12.1 Å². The topological polar surface area (TPSA) is 59.9 Å². The molecule has 0 saturated carbocycles. The highest BCUT2D eigenvalue weighted by molar-refractivity contribution is 6.48. The molecule has 0 aliphatic rings. The van der Waals surface area contributed by atoms with Crippen molar-refractivity contribution in [3.8, 4) is 0 Å². The number of pyridine rings is 2. The fourth-order valence-electron chi connectivity index (χ4n) is 1.57. The lowest BCUT2D eigenvalue weighted by Gasteiger charge is -2.01. The quantitative estimate of drug-likeness (QED) is 0.609. The lowest BCUT2D eigenvalue weighted by Crippen LogP contribution is -2.17. The summed E-state index contributed by atoms with van der Waals surface area (Å²) >= 11 is 0. The third-order valence-corrected chi connectivity index (χ3v) is 2.45. The summed E-state index contributed by atoms with van der Waals surface area (Å²) in [5.74, 6) is -1.26. The predicted molar refractivity (Wildman–Crippen MR) is 66.6 cm³/mol. The van der Waals surface area contributed by atoms with Crippen molar-refractivity contribution in [2.24, 2.45) is 0 Å². The van der Waals surface area contributed by atoms with Gasteiger partial charge in [-0.1, -0.05) is 12.1 Å². The maximum atomic E-state index is 12.0. The monoisotopic (exact) mass is 240 g/mol. The van der Waals surface area contributed by atoms with Crippen molar-refractivity contribution in [3.63, 3.8) is 0 Å². The SMILES string of the molecule is Cc1cccc(C(=O)C(=O)c2cccc(C)n2)n1. The van der Waals surface area contributed by atoms with Crippen LogP contribution >= 0.6 is 0 Å². The Hall–Kier alpha value is -2.36. The van der Waals surface area contributed by atoms with E-state index in [0.717, 1.165) is 0 Å². The number of aromatic nitrogens is 2. The average Bonchev–Trinajstić information content (AvgIpc) is 2.37. The molecule has 4 heteroatoms. The zero-order valence-electron chi connectivity index (χ0n) is 10.2. The van der Waals surface area contributed by atoms with Gasteiger partial charge in [-0.2, -0.15) is 0 Å². The number of aryl methyl sites for hydroxylation is 2. The number of carbonyl (C=O) groups is 2. The van der Waals surface area contributed by atoms with E-state index >= 15 is 0 Å². The highest BCUT2D eigenvalue weighted by atomic mass is 16.2. The van der Waals surface area contributed by atoms with Gasteiger partial charge in [0.25, 0.3) is 11.6 Å². The number of Topliss-reactive ketones (excluding diaryl/α,β-unsaturated/α-hetero) is 2. The first-order valence-electron chi connectivity index (χ1n) is 5.54. The summed E-state index contributed by atoms with van der Waals surface area (Å²) < 4.78 is 0. The molecule has 18 heavy (non-hydrogen) atoms. The van der Waals surface area contributed by atoms with Gasteiger partial charge in [-0.15, -0.1) is 0 Å². The van der Waals surface area contributed by atoms with Crippen molar-refractivity contribution >= 4 is 11.6 Å². The number of carbonyl (C=O) groups excluding carboxylic acids is 2. The lowest BCUT2D eigenvalue weighted by molar-refractivity contribution is 0.0811. The van der Waals surface area contributed by atoms with Crippen LogP contribution < -0.4 is 0 Å². The van der Waals surface area contributed by atoms with E-state index in [-0.39, 0.29) is 11.4 Å². The number of ketones is 2. The van der Waals surface area contributed by atoms with Crippen LogP contribution in [0.3, 0.4) is 0 Å². The second-order valence-electron chi connectivity index (χ2n) is 3.99. The molecule has 0 unspecified atom stereocenters. The molecule has 0 aliphatic heterocycles. The van der Waals surface area contributed by atoms with Crippen molar-refractivity contribution < 1.29 is 9.59 Å². The van der Waals surface area contributed by atoms with E-state index in [1.54, 1.807) is 38.1 Å². The Bertz CT molecular complexity index is 565. The molecule has 0 radical (unpaired) electrons. The third-order valence-electron chi connectivity index (χ3n) is 2.45. The van der Waals surface area contributed by atoms with Gasteiger partial charge in [0.1, 0.15) is 11.4 Å². The van der Waals surface area contributed by atoms with E-state index in [1.807, 2.05) is 0 Å². The zero-order chi connectivity index (χ0) is 13.1. The average molecular weight is 240 g/mol. The number of rotatable bonds is 3. The molecule has 0 atom stereocenters. The van der Waals surface area contributed by atoms with Crippen molar-refractivity contribution in [2.75, 3.05) is 0 Å². The van der Waals surface area contributed by atoms with Crippen molar-refractivity contribution in [3.05, 3.63) is 59.2 Å². The van der Waals surface area contributed by atoms with Gasteiger partial charge in [0.05, 0.1) is 0 Å². The van der Waals surface area contributed by atoms with Gasteiger partial charge in [-0.3, -0.25) is 9.59 Å². The van der Waals surface area contributed by atoms with Crippen LogP contribution in [0.1, 0.15) is 32.4 Å². The van der Waals surface area contributed by atoms with Crippen molar-refractivity contribution in [1.82, 2.24) is 9.97 Å². The molecule has 2 aromatic heterocycles. The van der Waals surface area contributed by atoms with Gasteiger partial charge in [-0.25, -0.2) is 9.97 Å². The fraction of sp³-hybridized carbons (Fsp3) is 0.143. The number of hydrogen-bond acceptors (Lipinski definition) is 4. The Morgan fingerprint density at radius 2 is 1.17 bits per heavy atom. The molecule has 0 saturated heterocycles. The molecule has 0 aliphatic carbocycles. The van der Waals surface area contributed by atoms with E-state index in [4.69, 9.17) is 0 Å². The van der Waals surface area contributed by atoms with Crippen LogP contribution in [0.5, 0.6) is 0 Å². The second-order valence-corrected chi connectivity index (χ2v) is 3.99. The summed E-state index contributed by atoms with van der Waals surface area (Å²) in [6.07, 6.45) is 0. The minimum absolute atomic E-state index is 0.156. The summed E-state index contributed by atoms with van der Waals surface area (Å²) in [7, 11) is 0. The fourth-order valence-corrected chi connectivity index (χ4v) is 1.57. The summed E-state index contributed by atoms with van der Waals surface area (Å²) in [5.41, 5.74) is 1.71. The molecule has 2 rings (SSSR count). The first-order valence-corrected chi connectivity index (χ1v) is 5.54. The molecule has 0 N–H and O–H groups in total. The molecule has 0 amide bonds. The van der Waals surface area contributed by atoms with Crippen LogP contribution in [0.2, 0.25) is 0 Å². The van der Waals surface area contributed by atoms with Crippen LogP contribution in [-0.4, -0.2) is 21.5 Å². The number of hydrogen-bond donors (Lipinski definition) is 0. The van der Waals surface area contributed by atoms with Crippen LogP contribution in [0, 0.1) is 13.8 Å². The molecule has 0 aromatic carbocycles. The van der Waals surface area contributed by atoms with Crippen molar-refractivity contribution in [1.29, 1.82) is 0 Å². The Labute approximate surface area is 105 Å². The molecular formula is C14H12N2O2. The molecule has 4 nitrogen and oxygen atoms in total. The van der Waals surface area contributed by atoms with Gasteiger partial charge in [0.2, 0.25) is 0 Å². The highest BCUT2D eigenvalue weighted by Crippen LogP contribution is 2.06. The molecule has 0 bridgehead atoms. The summed E-state index contributed by atoms with van der Waals surface area (Å²) in [4.78, 5) is 32.0. The molecule has 0 spiro atoms. The van der Waals surface area contributed by atoms with Gasteiger partial charge in [0.15, 0.2) is 0 Å². The first kappa shape index (κ1) is 12.1. The van der Waals surface area contributed by atoms with Gasteiger partial charge < -0.3 is 0 Å². The third kappa shape index (κ3) is 2.48. The van der Waals surface area contributed by atoms with E-state index in [0.29, 0.717) is 11.4 Å². The smallest absolute Gasteiger partial charge is 0.253 e. The largest absolute Gasteiger partial charge is 0.283 e. The van der Waals surface area contributed by atoms with E-state index < -0.39 is 11.6 Å². The van der Waals surface area contributed by atoms with Crippen LogP contribution in [0.25, 0.3) is 0 Å². The molecule has 0 fully saturated rings. The van der Waals surface area contributed by atoms with Crippen LogP contribution in [0.4, 0.5) is 0 Å². The summed E-state index contributed by atoms with van der Waals surface area (Å²) in [6, 6.07) is 10.0. The minimum Gasteiger partial charge on any atom is -0.283 e. The maximum Gasteiger partial charge on any atom is 0.253 e. The maximum absolute atomic E-state index is 12.0. The minimum atomic E-state index is -0.628. The van der Waals surface area contributed by atoms with Crippen LogP contribution in [0.15, 0.2) is 36.4 Å². The van der Waals surface area contributed by atoms with E-state index in [9.17, 15) is 9.59 Å². The van der Waals surface area contributed by atoms with E-state index in [2.05, 4.69) is 9.97 Å². The molecule has 2 heterocycles. The Kier molecular flexibility index (Phi) is 3.28. The first-order chi connectivity index (χ1) is 8.58. The zero-order valence-corrected chi connectivity index (χ0v) is 10.2. The number of nitrogens with zero attached hydrogens (tertiary/aromatic N) is 2. The standard InChI is InChI=1S/C14H12N2O2/c1-9-5-3-7-11(15-9)13(17)14(18)12-8-4-6-10(2)16-12/h3-8H,1-2H3.